The number of rotatable bonds is 6. The highest BCUT2D eigenvalue weighted by molar-refractivity contribution is 5.77. The van der Waals surface area contributed by atoms with E-state index >= 15 is 0 Å². The summed E-state index contributed by atoms with van der Waals surface area (Å²) in [6.45, 7) is 6.31. The highest BCUT2D eigenvalue weighted by Crippen LogP contribution is 2.27. The summed E-state index contributed by atoms with van der Waals surface area (Å²) in [5.74, 6) is 1.02. The summed E-state index contributed by atoms with van der Waals surface area (Å²) in [6.07, 6.45) is 0. The number of nitrogens with one attached hydrogen (secondary N) is 2. The Bertz CT molecular complexity index is 712. The Hall–Kier alpha value is -2.53. The van der Waals surface area contributed by atoms with Crippen LogP contribution in [0.25, 0.3) is 0 Å². The standard InChI is InChI=1S/C21H27N3O2/c1-17(18-8-4-3-5-9-18)22-21(25)16-23-12-14-24(15-13-23)19-10-6-7-11-20(19)26-2/h3-11,17H,12-16H2,1-2H3,(H,22,25)/p+1/t17-/m1/s1. The van der Waals surface area contributed by atoms with Crippen LogP contribution in [0.5, 0.6) is 5.75 Å². The van der Waals surface area contributed by atoms with Crippen molar-refractivity contribution in [2.75, 3.05) is 44.7 Å². The SMILES string of the molecule is COc1ccccc1N1CC[NH+](CC(=O)N[C@H](C)c2ccccc2)CC1. The maximum atomic E-state index is 12.4. The zero-order valence-corrected chi connectivity index (χ0v) is 15.6. The minimum absolute atomic E-state index is 0.0398. The fraction of sp³-hybridized carbons (Fsp3) is 0.381. The highest BCUT2D eigenvalue weighted by atomic mass is 16.5. The summed E-state index contributed by atoms with van der Waals surface area (Å²) < 4.78 is 5.46. The number of ether oxygens (including phenoxy) is 1. The monoisotopic (exact) mass is 354 g/mol. The first-order valence-corrected chi connectivity index (χ1v) is 9.23. The predicted molar refractivity (Wildman–Crippen MR) is 104 cm³/mol. The molecule has 3 rings (SSSR count). The summed E-state index contributed by atoms with van der Waals surface area (Å²) in [7, 11) is 1.71. The summed E-state index contributed by atoms with van der Waals surface area (Å²) in [5, 5.41) is 3.11. The van der Waals surface area contributed by atoms with Crippen LogP contribution in [-0.2, 0) is 4.79 Å². The molecule has 1 aliphatic heterocycles. The molecule has 138 valence electrons. The van der Waals surface area contributed by atoms with E-state index in [0.29, 0.717) is 6.54 Å². The third-order valence-corrected chi connectivity index (χ3v) is 4.98. The molecule has 5 heteroatoms. The maximum absolute atomic E-state index is 12.4. The lowest BCUT2D eigenvalue weighted by Crippen LogP contribution is -3.15. The van der Waals surface area contributed by atoms with Gasteiger partial charge in [0, 0.05) is 0 Å². The fourth-order valence-corrected chi connectivity index (χ4v) is 3.48. The number of amides is 1. The summed E-state index contributed by atoms with van der Waals surface area (Å²) in [6, 6.07) is 18.2. The van der Waals surface area contributed by atoms with Crippen molar-refractivity contribution >= 4 is 11.6 Å². The van der Waals surface area contributed by atoms with Crippen molar-refractivity contribution in [1.29, 1.82) is 0 Å². The Labute approximate surface area is 155 Å². The van der Waals surface area contributed by atoms with Gasteiger partial charge in [-0.1, -0.05) is 42.5 Å². The highest BCUT2D eigenvalue weighted by Gasteiger charge is 2.24. The molecule has 2 N–H and O–H groups in total. The third kappa shape index (κ3) is 4.55. The molecule has 2 aromatic carbocycles. The molecule has 0 aromatic heterocycles. The van der Waals surface area contributed by atoms with E-state index in [9.17, 15) is 4.79 Å². The summed E-state index contributed by atoms with van der Waals surface area (Å²) in [4.78, 5) is 16.0. The first kappa shape index (κ1) is 18.3. The van der Waals surface area contributed by atoms with Crippen molar-refractivity contribution in [3.05, 3.63) is 60.2 Å². The van der Waals surface area contributed by atoms with E-state index in [4.69, 9.17) is 4.74 Å². The van der Waals surface area contributed by atoms with E-state index in [1.807, 2.05) is 55.5 Å². The van der Waals surface area contributed by atoms with Gasteiger partial charge in [-0.15, -0.1) is 0 Å². The number of hydrogen-bond acceptors (Lipinski definition) is 3. The maximum Gasteiger partial charge on any atom is 0.275 e. The molecule has 26 heavy (non-hydrogen) atoms. The van der Waals surface area contributed by atoms with Gasteiger partial charge in [-0.05, 0) is 24.6 Å². The van der Waals surface area contributed by atoms with Gasteiger partial charge in [0.15, 0.2) is 6.54 Å². The fourth-order valence-electron chi connectivity index (χ4n) is 3.48. The number of para-hydroxylation sites is 2. The molecular weight excluding hydrogens is 326 g/mol. The molecular formula is C21H28N3O2+. The van der Waals surface area contributed by atoms with Gasteiger partial charge in [0.25, 0.3) is 5.91 Å². The minimum Gasteiger partial charge on any atom is -0.495 e. The second-order valence-electron chi connectivity index (χ2n) is 6.79. The lowest BCUT2D eigenvalue weighted by atomic mass is 10.1. The number of piperazine rings is 1. The zero-order valence-electron chi connectivity index (χ0n) is 15.6. The van der Waals surface area contributed by atoms with Gasteiger partial charge in [-0.3, -0.25) is 4.79 Å². The molecule has 5 nitrogen and oxygen atoms in total. The first-order chi connectivity index (χ1) is 12.7. The van der Waals surface area contributed by atoms with Crippen molar-refractivity contribution in [2.45, 2.75) is 13.0 Å². The first-order valence-electron chi connectivity index (χ1n) is 9.23. The molecule has 0 saturated carbocycles. The minimum atomic E-state index is 0.0398. The molecule has 0 unspecified atom stereocenters. The van der Waals surface area contributed by atoms with E-state index in [1.54, 1.807) is 7.11 Å². The Morgan fingerprint density at radius 2 is 1.77 bits per heavy atom. The molecule has 2 aromatic rings. The molecule has 0 aliphatic carbocycles. The normalized spacial score (nSPS) is 16.2. The average Bonchev–Trinajstić information content (AvgIpc) is 2.69. The van der Waals surface area contributed by atoms with E-state index < -0.39 is 0 Å². The number of hydrogen-bond donors (Lipinski definition) is 2. The van der Waals surface area contributed by atoms with Crippen molar-refractivity contribution in [3.63, 3.8) is 0 Å². The third-order valence-electron chi connectivity index (χ3n) is 4.98. The second-order valence-corrected chi connectivity index (χ2v) is 6.79. The number of benzene rings is 2. The van der Waals surface area contributed by atoms with Crippen LogP contribution in [0.2, 0.25) is 0 Å². The number of anilines is 1. The van der Waals surface area contributed by atoms with E-state index in [1.165, 1.54) is 4.90 Å². The van der Waals surface area contributed by atoms with Crippen LogP contribution in [0.15, 0.2) is 54.6 Å². The number of nitrogens with zero attached hydrogens (tertiary/aromatic N) is 1. The predicted octanol–water partition coefficient (Wildman–Crippen LogP) is 1.28. The van der Waals surface area contributed by atoms with Gasteiger partial charge in [-0.2, -0.15) is 0 Å². The quantitative estimate of drug-likeness (QED) is 0.821. The van der Waals surface area contributed by atoms with Crippen LogP contribution in [0.4, 0.5) is 5.69 Å². The van der Waals surface area contributed by atoms with E-state index in [-0.39, 0.29) is 11.9 Å². The van der Waals surface area contributed by atoms with Crippen molar-refractivity contribution < 1.29 is 14.4 Å². The molecule has 1 heterocycles. The smallest absolute Gasteiger partial charge is 0.275 e. The Balaban J connectivity index is 1.48. The second kappa shape index (κ2) is 8.72. The molecule has 1 atom stereocenters. The van der Waals surface area contributed by atoms with E-state index in [0.717, 1.165) is 43.2 Å². The lowest BCUT2D eigenvalue weighted by Gasteiger charge is -2.34. The largest absolute Gasteiger partial charge is 0.495 e. The number of carbonyl (C=O) groups excluding carboxylic acids is 1. The van der Waals surface area contributed by atoms with Crippen LogP contribution in [-0.4, -0.2) is 45.7 Å². The van der Waals surface area contributed by atoms with Gasteiger partial charge < -0.3 is 19.9 Å². The van der Waals surface area contributed by atoms with Crippen molar-refractivity contribution in [3.8, 4) is 5.75 Å². The average molecular weight is 354 g/mol. The van der Waals surface area contributed by atoms with Gasteiger partial charge in [-0.25, -0.2) is 0 Å². The van der Waals surface area contributed by atoms with E-state index in [2.05, 4.69) is 16.3 Å². The summed E-state index contributed by atoms with van der Waals surface area (Å²) >= 11 is 0. The van der Waals surface area contributed by atoms with Crippen LogP contribution in [0.1, 0.15) is 18.5 Å². The van der Waals surface area contributed by atoms with Crippen molar-refractivity contribution in [2.24, 2.45) is 0 Å². The molecule has 1 amide bonds. The Kier molecular flexibility index (Phi) is 6.12. The Morgan fingerprint density at radius 1 is 1.12 bits per heavy atom. The summed E-state index contributed by atoms with van der Waals surface area (Å²) in [5.41, 5.74) is 2.27. The molecule has 0 spiro atoms. The van der Waals surface area contributed by atoms with Crippen LogP contribution >= 0.6 is 0 Å². The van der Waals surface area contributed by atoms with Crippen molar-refractivity contribution in [1.82, 2.24) is 5.32 Å². The van der Waals surface area contributed by atoms with Gasteiger partial charge in [0.2, 0.25) is 0 Å². The topological polar surface area (TPSA) is 46.0 Å². The van der Waals surface area contributed by atoms with Gasteiger partial charge >= 0.3 is 0 Å². The number of carbonyl (C=O) groups is 1. The molecule has 1 saturated heterocycles. The molecule has 1 fully saturated rings. The van der Waals surface area contributed by atoms with Crippen LogP contribution in [0, 0.1) is 0 Å². The van der Waals surface area contributed by atoms with Crippen LogP contribution in [0.3, 0.4) is 0 Å². The molecule has 1 aliphatic rings. The lowest BCUT2D eigenvalue weighted by molar-refractivity contribution is -0.892. The zero-order chi connectivity index (χ0) is 18.4. The molecule has 0 bridgehead atoms. The number of quaternary nitrogens is 1. The van der Waals surface area contributed by atoms with Gasteiger partial charge in [0.1, 0.15) is 5.75 Å². The van der Waals surface area contributed by atoms with Crippen LogP contribution < -0.4 is 19.9 Å². The number of methoxy groups -OCH3 is 1. The molecule has 0 radical (unpaired) electrons. The van der Waals surface area contributed by atoms with Gasteiger partial charge in [0.05, 0.1) is 45.0 Å². The Morgan fingerprint density at radius 3 is 2.46 bits per heavy atom.